The van der Waals surface area contributed by atoms with E-state index in [1.54, 1.807) is 0 Å². The van der Waals surface area contributed by atoms with Crippen molar-refractivity contribution < 1.29 is 39.2 Å². The maximum atomic E-state index is 15.8. The molecule has 11 heteroatoms. The lowest BCUT2D eigenvalue weighted by molar-refractivity contribution is -0.171. The summed E-state index contributed by atoms with van der Waals surface area (Å²) in [7, 11) is 3.05. The second kappa shape index (κ2) is 8.11. The second-order valence-corrected chi connectivity index (χ2v) is 10.9. The van der Waals surface area contributed by atoms with Crippen LogP contribution >= 0.6 is 0 Å². The van der Waals surface area contributed by atoms with Gasteiger partial charge >= 0.3 is 0 Å². The van der Waals surface area contributed by atoms with Crippen molar-refractivity contribution in [1.29, 1.82) is 0 Å². The predicted molar refractivity (Wildman–Crippen MR) is 129 cm³/mol. The first-order valence-corrected chi connectivity index (χ1v) is 12.2. The lowest BCUT2D eigenvalue weighted by Gasteiger charge is -2.57. The molecule has 0 bridgehead atoms. The van der Waals surface area contributed by atoms with Crippen molar-refractivity contribution >= 4 is 23.2 Å². The van der Waals surface area contributed by atoms with Crippen LogP contribution in [0.4, 0.5) is 4.39 Å². The summed E-state index contributed by atoms with van der Waals surface area (Å²) >= 11 is 0. The van der Waals surface area contributed by atoms with Crippen molar-refractivity contribution in [3.8, 4) is 5.75 Å². The van der Waals surface area contributed by atoms with Gasteiger partial charge in [-0.05, 0) is 58.3 Å². The maximum absolute atomic E-state index is 15.8. The summed E-state index contributed by atoms with van der Waals surface area (Å²) < 4.78 is 15.8. The summed E-state index contributed by atoms with van der Waals surface area (Å²) in [6, 6.07) is -0.315. The number of halogens is 1. The lowest BCUT2D eigenvalue weighted by Crippen LogP contribution is -2.71. The first-order valence-electron chi connectivity index (χ1n) is 12.2. The number of benzene rings is 1. The van der Waals surface area contributed by atoms with Crippen molar-refractivity contribution in [2.75, 3.05) is 20.6 Å². The molecule has 1 aromatic rings. The number of carbonyl (C=O) groups excluding carboxylic acids is 3. The van der Waals surface area contributed by atoms with Crippen LogP contribution in [-0.4, -0.2) is 75.1 Å². The minimum absolute atomic E-state index is 0.0397. The number of aliphatic hydroxyl groups excluding tert-OH is 2. The van der Waals surface area contributed by atoms with Gasteiger partial charge in [-0.25, -0.2) is 4.39 Å². The SMILES string of the molecule is CN(C)[C@@H]1C(=O)C(C(N)=O)=C(O)[C@@]2(O)C(=O)C3=C(O)c4c(O)cc(C5CCCN5)c(F)c4C[C@H]3C[C@@]12C. The number of phenols is 1. The van der Waals surface area contributed by atoms with Crippen LogP contribution in [0.25, 0.3) is 5.76 Å². The third-order valence-electron chi connectivity index (χ3n) is 8.67. The lowest BCUT2D eigenvalue weighted by atomic mass is 9.50. The summed E-state index contributed by atoms with van der Waals surface area (Å²) in [5, 5.41) is 48.0. The maximum Gasteiger partial charge on any atom is 0.255 e. The molecule has 37 heavy (non-hydrogen) atoms. The van der Waals surface area contributed by atoms with E-state index in [-0.39, 0.29) is 41.1 Å². The summed E-state index contributed by atoms with van der Waals surface area (Å²) in [5.41, 5.74) is -0.237. The van der Waals surface area contributed by atoms with Crippen molar-refractivity contribution in [2.45, 2.75) is 50.3 Å². The number of ketones is 2. The molecule has 5 rings (SSSR count). The van der Waals surface area contributed by atoms with E-state index in [0.717, 1.165) is 6.42 Å². The number of nitrogens with zero attached hydrogens (tertiary/aromatic N) is 1. The number of nitrogens with one attached hydrogen (secondary N) is 1. The summed E-state index contributed by atoms with van der Waals surface area (Å²) in [6.45, 7) is 2.15. The number of Topliss-reactive ketones (excluding diaryl/α,β-unsaturated/α-hetero) is 2. The molecule has 198 valence electrons. The molecule has 0 spiro atoms. The molecule has 1 amide bonds. The van der Waals surface area contributed by atoms with E-state index in [0.29, 0.717) is 13.0 Å². The summed E-state index contributed by atoms with van der Waals surface area (Å²) in [6.07, 6.45) is 1.31. The van der Waals surface area contributed by atoms with Crippen LogP contribution in [0.2, 0.25) is 0 Å². The van der Waals surface area contributed by atoms with Crippen LogP contribution in [0.3, 0.4) is 0 Å². The van der Waals surface area contributed by atoms with Crippen molar-refractivity contribution in [3.05, 3.63) is 45.5 Å². The number of nitrogens with two attached hydrogens (primary N) is 1. The van der Waals surface area contributed by atoms with Crippen LogP contribution in [0, 0.1) is 17.2 Å². The van der Waals surface area contributed by atoms with E-state index >= 15 is 4.39 Å². The number of carbonyl (C=O) groups is 3. The Morgan fingerprint density at radius 3 is 2.49 bits per heavy atom. The molecule has 0 aromatic heterocycles. The Labute approximate surface area is 212 Å². The number of primary amides is 1. The van der Waals surface area contributed by atoms with Gasteiger partial charge in [0.05, 0.1) is 11.6 Å². The molecule has 1 aromatic carbocycles. The van der Waals surface area contributed by atoms with E-state index in [1.165, 1.54) is 32.0 Å². The highest BCUT2D eigenvalue weighted by Crippen LogP contribution is 2.59. The normalized spacial score (nSPS) is 33.5. The van der Waals surface area contributed by atoms with Gasteiger partial charge in [0.25, 0.3) is 5.91 Å². The third kappa shape index (κ3) is 3.11. The van der Waals surface area contributed by atoms with Crippen molar-refractivity contribution in [3.63, 3.8) is 0 Å². The van der Waals surface area contributed by atoms with E-state index in [9.17, 15) is 34.8 Å². The molecule has 5 atom stereocenters. The van der Waals surface area contributed by atoms with Gasteiger partial charge in [-0.3, -0.25) is 19.3 Å². The van der Waals surface area contributed by atoms with Gasteiger partial charge < -0.3 is 31.5 Å². The Bertz CT molecular complexity index is 1330. The van der Waals surface area contributed by atoms with Crippen LogP contribution in [0.15, 0.2) is 23.0 Å². The average molecular weight is 516 g/mol. The Balaban J connectivity index is 1.75. The molecule has 3 aliphatic carbocycles. The van der Waals surface area contributed by atoms with Gasteiger partial charge in [-0.2, -0.15) is 0 Å². The van der Waals surface area contributed by atoms with Crippen molar-refractivity contribution in [2.24, 2.45) is 17.1 Å². The minimum Gasteiger partial charge on any atom is -0.508 e. The van der Waals surface area contributed by atoms with Gasteiger partial charge in [0.2, 0.25) is 5.78 Å². The number of aliphatic hydroxyl groups is 3. The first kappa shape index (κ1) is 25.4. The molecular weight excluding hydrogens is 485 g/mol. The number of fused-ring (bicyclic) bond motifs is 3. The molecule has 2 fully saturated rings. The highest BCUT2D eigenvalue weighted by atomic mass is 19.1. The quantitative estimate of drug-likeness (QED) is 0.320. The van der Waals surface area contributed by atoms with E-state index < -0.39 is 69.1 Å². The number of aromatic hydroxyl groups is 1. The van der Waals surface area contributed by atoms with Gasteiger partial charge in [-0.1, -0.05) is 6.92 Å². The Morgan fingerprint density at radius 1 is 1.24 bits per heavy atom. The number of amides is 1. The van der Waals surface area contributed by atoms with E-state index in [1.807, 2.05) is 0 Å². The molecule has 0 radical (unpaired) electrons. The molecule has 4 aliphatic rings. The monoisotopic (exact) mass is 515 g/mol. The van der Waals surface area contributed by atoms with Gasteiger partial charge in [-0.15, -0.1) is 0 Å². The standard InChI is InChI=1S/C26H30FN3O7/c1-25-9-10-7-12-16(14(31)8-11(18(12)27)13-5-4-6-29-13)19(32)15(10)22(34)26(25,37)23(35)17(24(28)36)20(33)21(25)30(2)3/h8,10,13,21,29,31-32,35,37H,4-7,9H2,1-3H3,(H2,28,36)/t10-,13?,21+,25-,26-/m0/s1. The first-order chi connectivity index (χ1) is 17.3. The molecule has 1 saturated carbocycles. The molecule has 10 nitrogen and oxygen atoms in total. The van der Waals surface area contributed by atoms with E-state index in [4.69, 9.17) is 5.73 Å². The number of likely N-dealkylation sites (N-methyl/N-ethyl adjacent to an activating group) is 1. The van der Waals surface area contributed by atoms with Crippen LogP contribution in [0.5, 0.6) is 5.75 Å². The molecular formula is C26H30FN3O7. The highest BCUT2D eigenvalue weighted by Gasteiger charge is 2.70. The van der Waals surface area contributed by atoms with Crippen LogP contribution in [-0.2, 0) is 20.8 Å². The smallest absolute Gasteiger partial charge is 0.255 e. The number of phenolic OH excluding ortho intramolecular Hbond substituents is 1. The minimum atomic E-state index is -2.78. The van der Waals surface area contributed by atoms with Gasteiger partial charge in [0, 0.05) is 28.2 Å². The van der Waals surface area contributed by atoms with Crippen LogP contribution < -0.4 is 11.1 Å². The highest BCUT2D eigenvalue weighted by molar-refractivity contribution is 6.25. The summed E-state index contributed by atoms with van der Waals surface area (Å²) in [4.78, 5) is 40.8. The number of rotatable bonds is 3. The largest absolute Gasteiger partial charge is 0.508 e. The number of hydrogen-bond donors (Lipinski definition) is 6. The van der Waals surface area contributed by atoms with Crippen LogP contribution in [0.1, 0.15) is 48.9 Å². The fourth-order valence-electron chi connectivity index (χ4n) is 7.09. The van der Waals surface area contributed by atoms with E-state index in [2.05, 4.69) is 5.32 Å². The third-order valence-corrected chi connectivity index (χ3v) is 8.67. The zero-order chi connectivity index (χ0) is 27.2. The number of hydrogen-bond acceptors (Lipinski definition) is 9. The fourth-order valence-corrected chi connectivity index (χ4v) is 7.09. The average Bonchev–Trinajstić information content (AvgIpc) is 3.33. The predicted octanol–water partition coefficient (Wildman–Crippen LogP) is 0.918. The summed E-state index contributed by atoms with van der Waals surface area (Å²) in [5.74, 6) is -7.02. The molecule has 1 unspecified atom stereocenters. The second-order valence-electron chi connectivity index (χ2n) is 10.9. The molecule has 1 heterocycles. The Morgan fingerprint density at radius 2 is 1.92 bits per heavy atom. The Hall–Kier alpha value is -3.28. The zero-order valence-corrected chi connectivity index (χ0v) is 20.8. The zero-order valence-electron chi connectivity index (χ0n) is 20.8. The van der Waals surface area contributed by atoms with Gasteiger partial charge in [0.1, 0.15) is 28.7 Å². The topological polar surface area (TPSA) is 173 Å². The Kier molecular flexibility index (Phi) is 5.56. The molecule has 7 N–H and O–H groups in total. The molecule has 1 aliphatic heterocycles. The fraction of sp³-hybridized carbons (Fsp3) is 0.500. The van der Waals surface area contributed by atoms with Crippen molar-refractivity contribution in [1.82, 2.24) is 10.2 Å². The van der Waals surface area contributed by atoms with Gasteiger partial charge in [0.15, 0.2) is 11.4 Å². The molecule has 1 saturated heterocycles.